The lowest BCUT2D eigenvalue weighted by Crippen LogP contribution is -2.24. The number of pyridine rings is 1. The monoisotopic (exact) mass is 270 g/mol. The molecule has 104 valence electrons. The molecule has 2 aromatic rings. The van der Waals surface area contributed by atoms with E-state index in [1.807, 2.05) is 29.1 Å². The van der Waals surface area contributed by atoms with E-state index < -0.39 is 0 Å². The van der Waals surface area contributed by atoms with Crippen molar-refractivity contribution in [1.82, 2.24) is 20.1 Å². The van der Waals surface area contributed by atoms with E-state index in [0.29, 0.717) is 18.3 Å². The van der Waals surface area contributed by atoms with Crippen LogP contribution in [0.2, 0.25) is 0 Å². The first-order valence-corrected chi connectivity index (χ1v) is 7.06. The Kier molecular flexibility index (Phi) is 3.76. The summed E-state index contributed by atoms with van der Waals surface area (Å²) in [6, 6.07) is 7.90. The maximum absolute atomic E-state index is 12.0. The van der Waals surface area contributed by atoms with Gasteiger partial charge in [-0.3, -0.25) is 14.5 Å². The van der Waals surface area contributed by atoms with Gasteiger partial charge in [0.05, 0.1) is 18.3 Å². The Morgan fingerprint density at radius 3 is 2.90 bits per heavy atom. The second-order valence-electron chi connectivity index (χ2n) is 5.12. The first-order chi connectivity index (χ1) is 9.83. The van der Waals surface area contributed by atoms with Gasteiger partial charge in [0.1, 0.15) is 5.69 Å². The van der Waals surface area contributed by atoms with Gasteiger partial charge in [0, 0.05) is 12.4 Å². The van der Waals surface area contributed by atoms with E-state index in [4.69, 9.17) is 0 Å². The number of nitrogens with one attached hydrogen (secondary N) is 1. The molecule has 1 N–H and O–H groups in total. The number of amides is 1. The number of rotatable bonds is 4. The van der Waals surface area contributed by atoms with Crippen molar-refractivity contribution >= 4 is 5.91 Å². The van der Waals surface area contributed by atoms with Gasteiger partial charge >= 0.3 is 0 Å². The Morgan fingerprint density at radius 2 is 2.15 bits per heavy atom. The summed E-state index contributed by atoms with van der Waals surface area (Å²) in [5.74, 6) is -0.146. The number of carbonyl (C=O) groups excluding carboxylic acids is 1. The van der Waals surface area contributed by atoms with E-state index >= 15 is 0 Å². The molecule has 20 heavy (non-hydrogen) atoms. The Morgan fingerprint density at radius 1 is 1.30 bits per heavy atom. The minimum absolute atomic E-state index is 0.146. The van der Waals surface area contributed by atoms with Gasteiger partial charge in [0.25, 0.3) is 5.91 Å². The van der Waals surface area contributed by atoms with E-state index in [2.05, 4.69) is 15.4 Å². The molecule has 3 rings (SSSR count). The van der Waals surface area contributed by atoms with E-state index in [0.717, 1.165) is 18.5 Å². The molecule has 5 nitrogen and oxygen atoms in total. The van der Waals surface area contributed by atoms with Crippen molar-refractivity contribution in [2.45, 2.75) is 38.3 Å². The van der Waals surface area contributed by atoms with Crippen LogP contribution in [0.3, 0.4) is 0 Å². The summed E-state index contributed by atoms with van der Waals surface area (Å²) in [6.07, 6.45) is 8.47. The maximum atomic E-state index is 12.0. The standard InChI is InChI=1S/C15H18N4O/c20-15(17-11-12-5-3-4-9-16-12)14-8-10-19(18-14)13-6-1-2-7-13/h3-5,8-10,13H,1-2,6-7,11H2,(H,17,20). The average Bonchev–Trinajstić information content (AvgIpc) is 3.16. The van der Waals surface area contributed by atoms with Crippen LogP contribution in [0.5, 0.6) is 0 Å². The first kappa shape index (κ1) is 12.8. The number of nitrogens with zero attached hydrogens (tertiary/aromatic N) is 3. The highest BCUT2D eigenvalue weighted by Gasteiger charge is 2.19. The lowest BCUT2D eigenvalue weighted by molar-refractivity contribution is 0.0944. The van der Waals surface area contributed by atoms with Crippen molar-refractivity contribution in [3.8, 4) is 0 Å². The van der Waals surface area contributed by atoms with Gasteiger partial charge in [-0.1, -0.05) is 18.9 Å². The largest absolute Gasteiger partial charge is 0.345 e. The normalized spacial score (nSPS) is 15.4. The van der Waals surface area contributed by atoms with E-state index in [9.17, 15) is 4.79 Å². The van der Waals surface area contributed by atoms with Crippen LogP contribution >= 0.6 is 0 Å². The summed E-state index contributed by atoms with van der Waals surface area (Å²) in [4.78, 5) is 16.2. The first-order valence-electron chi connectivity index (χ1n) is 7.06. The third kappa shape index (κ3) is 2.87. The van der Waals surface area contributed by atoms with Crippen molar-refractivity contribution in [3.63, 3.8) is 0 Å². The molecule has 0 unspecified atom stereocenters. The van der Waals surface area contributed by atoms with Crippen LogP contribution in [0.4, 0.5) is 0 Å². The molecule has 0 radical (unpaired) electrons. The molecule has 1 amide bonds. The second-order valence-corrected chi connectivity index (χ2v) is 5.12. The predicted octanol–water partition coefficient (Wildman–Crippen LogP) is 2.32. The van der Waals surface area contributed by atoms with E-state index in [1.54, 1.807) is 12.3 Å². The van der Waals surface area contributed by atoms with Crippen molar-refractivity contribution < 1.29 is 4.79 Å². The number of aromatic nitrogens is 3. The molecule has 5 heteroatoms. The SMILES string of the molecule is O=C(NCc1ccccn1)c1ccn(C2CCCC2)n1. The fraction of sp³-hybridized carbons (Fsp3) is 0.400. The van der Waals surface area contributed by atoms with Gasteiger partial charge in [-0.15, -0.1) is 0 Å². The molecule has 1 fully saturated rings. The topological polar surface area (TPSA) is 59.8 Å². The highest BCUT2D eigenvalue weighted by Crippen LogP contribution is 2.28. The minimum Gasteiger partial charge on any atom is -0.345 e. The molecular formula is C15H18N4O. The molecule has 0 bridgehead atoms. The van der Waals surface area contributed by atoms with Crippen LogP contribution in [0.25, 0.3) is 0 Å². The van der Waals surface area contributed by atoms with Gasteiger partial charge < -0.3 is 5.32 Å². The zero-order valence-corrected chi connectivity index (χ0v) is 11.3. The van der Waals surface area contributed by atoms with Crippen molar-refractivity contribution in [2.24, 2.45) is 0 Å². The maximum Gasteiger partial charge on any atom is 0.272 e. The summed E-state index contributed by atoms with van der Waals surface area (Å²) >= 11 is 0. The molecule has 2 aromatic heterocycles. The summed E-state index contributed by atoms with van der Waals surface area (Å²) in [5, 5.41) is 7.23. The number of hydrogen-bond acceptors (Lipinski definition) is 3. The Bertz CT molecular complexity index is 573. The summed E-state index contributed by atoms with van der Waals surface area (Å²) in [5.41, 5.74) is 1.32. The quantitative estimate of drug-likeness (QED) is 0.927. The lowest BCUT2D eigenvalue weighted by Gasteiger charge is -2.08. The minimum atomic E-state index is -0.146. The molecule has 0 atom stereocenters. The zero-order chi connectivity index (χ0) is 13.8. The smallest absolute Gasteiger partial charge is 0.272 e. The van der Waals surface area contributed by atoms with Gasteiger partial charge in [0.2, 0.25) is 0 Å². The van der Waals surface area contributed by atoms with Gasteiger partial charge in [-0.05, 0) is 31.0 Å². The van der Waals surface area contributed by atoms with Crippen LogP contribution in [-0.4, -0.2) is 20.7 Å². The van der Waals surface area contributed by atoms with Gasteiger partial charge in [-0.25, -0.2) is 0 Å². The number of hydrogen-bond donors (Lipinski definition) is 1. The fourth-order valence-electron chi connectivity index (χ4n) is 2.60. The second kappa shape index (κ2) is 5.86. The Hall–Kier alpha value is -2.17. The molecule has 0 aliphatic heterocycles. The van der Waals surface area contributed by atoms with Gasteiger partial charge in [-0.2, -0.15) is 5.10 Å². The highest BCUT2D eigenvalue weighted by atomic mass is 16.1. The molecule has 1 saturated carbocycles. The molecule has 0 saturated heterocycles. The van der Waals surface area contributed by atoms with Crippen LogP contribution < -0.4 is 5.32 Å². The predicted molar refractivity (Wildman–Crippen MR) is 75.1 cm³/mol. The average molecular weight is 270 g/mol. The third-order valence-corrected chi connectivity index (χ3v) is 3.70. The molecule has 1 aliphatic rings. The lowest BCUT2D eigenvalue weighted by atomic mass is 10.3. The van der Waals surface area contributed by atoms with E-state index in [1.165, 1.54) is 12.8 Å². The van der Waals surface area contributed by atoms with Crippen LogP contribution in [0.1, 0.15) is 47.9 Å². The van der Waals surface area contributed by atoms with E-state index in [-0.39, 0.29) is 5.91 Å². The van der Waals surface area contributed by atoms with Crippen LogP contribution in [0, 0.1) is 0 Å². The Balaban J connectivity index is 1.59. The van der Waals surface area contributed by atoms with Crippen molar-refractivity contribution in [3.05, 3.63) is 48.0 Å². The number of carbonyl (C=O) groups is 1. The van der Waals surface area contributed by atoms with Crippen LogP contribution in [0.15, 0.2) is 36.7 Å². The molecule has 0 aromatic carbocycles. The molecular weight excluding hydrogens is 252 g/mol. The summed E-state index contributed by atoms with van der Waals surface area (Å²) in [7, 11) is 0. The zero-order valence-electron chi connectivity index (χ0n) is 11.3. The summed E-state index contributed by atoms with van der Waals surface area (Å²) in [6.45, 7) is 0.427. The fourth-order valence-corrected chi connectivity index (χ4v) is 2.60. The van der Waals surface area contributed by atoms with Gasteiger partial charge in [0.15, 0.2) is 0 Å². The third-order valence-electron chi connectivity index (χ3n) is 3.70. The van der Waals surface area contributed by atoms with Crippen molar-refractivity contribution in [2.75, 3.05) is 0 Å². The summed E-state index contributed by atoms with van der Waals surface area (Å²) < 4.78 is 1.93. The molecule has 2 heterocycles. The molecule has 1 aliphatic carbocycles. The Labute approximate surface area is 118 Å². The van der Waals surface area contributed by atoms with Crippen LogP contribution in [-0.2, 0) is 6.54 Å². The molecule has 0 spiro atoms. The highest BCUT2D eigenvalue weighted by molar-refractivity contribution is 5.92. The van der Waals surface area contributed by atoms with Crippen molar-refractivity contribution in [1.29, 1.82) is 0 Å².